The van der Waals surface area contributed by atoms with Gasteiger partial charge in [-0.1, -0.05) is 18.2 Å². The standard InChI is InChI=1S/C21H22N4O3/c1-22-15-5-7-16(8-6-15)23-11-13-3-2-4-14-12-25(21(28)19(13)14)17-9-10-18(26)24-20(17)27/h2-8,17,22-23H,9-12H2,1H3,(H,24,26,27). The van der Waals surface area contributed by atoms with E-state index in [1.807, 2.05) is 49.5 Å². The predicted octanol–water partition coefficient (Wildman–Crippen LogP) is 2.10. The van der Waals surface area contributed by atoms with Crippen molar-refractivity contribution in [3.63, 3.8) is 0 Å². The molecule has 2 aromatic rings. The third-order valence-electron chi connectivity index (χ3n) is 5.30. The second-order valence-electron chi connectivity index (χ2n) is 7.03. The van der Waals surface area contributed by atoms with Gasteiger partial charge in [0.05, 0.1) is 0 Å². The van der Waals surface area contributed by atoms with Gasteiger partial charge in [-0.2, -0.15) is 0 Å². The molecule has 0 radical (unpaired) electrons. The molecular formula is C21H22N4O3. The van der Waals surface area contributed by atoms with Crippen LogP contribution in [0.2, 0.25) is 0 Å². The lowest BCUT2D eigenvalue weighted by molar-refractivity contribution is -0.136. The lowest BCUT2D eigenvalue weighted by atomic mass is 10.0. The van der Waals surface area contributed by atoms with Gasteiger partial charge in [0.1, 0.15) is 6.04 Å². The fraction of sp³-hybridized carbons (Fsp3) is 0.286. The number of nitrogens with one attached hydrogen (secondary N) is 3. The Morgan fingerprint density at radius 3 is 2.54 bits per heavy atom. The zero-order valence-electron chi connectivity index (χ0n) is 15.6. The summed E-state index contributed by atoms with van der Waals surface area (Å²) in [6.07, 6.45) is 0.628. The number of imide groups is 1. The van der Waals surface area contributed by atoms with Crippen molar-refractivity contribution in [3.05, 3.63) is 59.2 Å². The summed E-state index contributed by atoms with van der Waals surface area (Å²) in [6.45, 7) is 0.905. The molecule has 7 nitrogen and oxygen atoms in total. The normalized spacial score (nSPS) is 18.7. The molecule has 0 aromatic heterocycles. The molecule has 3 amide bonds. The van der Waals surface area contributed by atoms with E-state index in [4.69, 9.17) is 0 Å². The summed E-state index contributed by atoms with van der Waals surface area (Å²) in [5.74, 6) is -0.811. The van der Waals surface area contributed by atoms with Crippen LogP contribution in [-0.2, 0) is 22.7 Å². The number of fused-ring (bicyclic) bond motifs is 1. The van der Waals surface area contributed by atoms with Gasteiger partial charge in [0.25, 0.3) is 5.91 Å². The third kappa shape index (κ3) is 3.31. The molecular weight excluding hydrogens is 356 g/mol. The number of carbonyl (C=O) groups excluding carboxylic acids is 3. The number of hydrogen-bond acceptors (Lipinski definition) is 5. The fourth-order valence-corrected chi connectivity index (χ4v) is 3.79. The van der Waals surface area contributed by atoms with Crippen molar-refractivity contribution in [3.8, 4) is 0 Å². The molecule has 2 heterocycles. The van der Waals surface area contributed by atoms with Crippen LogP contribution in [0.3, 0.4) is 0 Å². The summed E-state index contributed by atoms with van der Waals surface area (Å²) in [7, 11) is 1.87. The number of hydrogen-bond donors (Lipinski definition) is 3. The maximum atomic E-state index is 13.1. The van der Waals surface area contributed by atoms with Crippen LogP contribution in [-0.4, -0.2) is 35.7 Å². The van der Waals surface area contributed by atoms with Crippen molar-refractivity contribution in [1.82, 2.24) is 10.2 Å². The van der Waals surface area contributed by atoms with Crippen LogP contribution in [0.15, 0.2) is 42.5 Å². The van der Waals surface area contributed by atoms with Crippen molar-refractivity contribution in [2.24, 2.45) is 0 Å². The minimum absolute atomic E-state index is 0.146. The number of benzene rings is 2. The molecule has 1 fully saturated rings. The second-order valence-corrected chi connectivity index (χ2v) is 7.03. The number of piperidine rings is 1. The predicted molar refractivity (Wildman–Crippen MR) is 106 cm³/mol. The summed E-state index contributed by atoms with van der Waals surface area (Å²) in [5, 5.41) is 8.76. The SMILES string of the molecule is CNc1ccc(NCc2cccc3c2C(=O)N(C2CCC(=O)NC2=O)C3)cc1. The van der Waals surface area contributed by atoms with Crippen LogP contribution in [0.1, 0.15) is 34.3 Å². The van der Waals surface area contributed by atoms with E-state index < -0.39 is 6.04 Å². The minimum Gasteiger partial charge on any atom is -0.388 e. The Kier molecular flexibility index (Phi) is 4.73. The van der Waals surface area contributed by atoms with Crippen LogP contribution in [0.25, 0.3) is 0 Å². The molecule has 0 saturated carbocycles. The van der Waals surface area contributed by atoms with E-state index in [2.05, 4.69) is 16.0 Å². The Morgan fingerprint density at radius 1 is 1.07 bits per heavy atom. The Morgan fingerprint density at radius 2 is 1.82 bits per heavy atom. The Labute approximate surface area is 163 Å². The highest BCUT2D eigenvalue weighted by Crippen LogP contribution is 2.30. The van der Waals surface area contributed by atoms with Gasteiger partial charge < -0.3 is 15.5 Å². The van der Waals surface area contributed by atoms with Gasteiger partial charge in [-0.3, -0.25) is 19.7 Å². The molecule has 2 aliphatic heterocycles. The Bertz CT molecular complexity index is 939. The molecule has 28 heavy (non-hydrogen) atoms. The Balaban J connectivity index is 1.51. The molecule has 144 valence electrons. The van der Waals surface area contributed by atoms with Crippen molar-refractivity contribution in [2.45, 2.75) is 32.0 Å². The quantitative estimate of drug-likeness (QED) is 0.693. The van der Waals surface area contributed by atoms with Gasteiger partial charge in [0, 0.05) is 43.5 Å². The van der Waals surface area contributed by atoms with Crippen molar-refractivity contribution < 1.29 is 14.4 Å². The summed E-state index contributed by atoms with van der Waals surface area (Å²) in [4.78, 5) is 38.2. The van der Waals surface area contributed by atoms with Gasteiger partial charge in [-0.15, -0.1) is 0 Å². The highest BCUT2D eigenvalue weighted by atomic mass is 16.2. The first-order valence-corrected chi connectivity index (χ1v) is 9.34. The topological polar surface area (TPSA) is 90.5 Å². The first-order chi connectivity index (χ1) is 13.6. The number of carbonyl (C=O) groups is 3. The maximum Gasteiger partial charge on any atom is 0.255 e. The van der Waals surface area contributed by atoms with Crippen molar-refractivity contribution in [2.75, 3.05) is 17.7 Å². The molecule has 3 N–H and O–H groups in total. The molecule has 0 spiro atoms. The average molecular weight is 378 g/mol. The van der Waals surface area contributed by atoms with Crippen LogP contribution in [0.4, 0.5) is 11.4 Å². The summed E-state index contributed by atoms with van der Waals surface area (Å²) < 4.78 is 0. The van der Waals surface area contributed by atoms with Crippen LogP contribution in [0.5, 0.6) is 0 Å². The second kappa shape index (κ2) is 7.34. The van der Waals surface area contributed by atoms with E-state index in [9.17, 15) is 14.4 Å². The van der Waals surface area contributed by atoms with Gasteiger partial charge in [0.2, 0.25) is 11.8 Å². The van der Waals surface area contributed by atoms with E-state index in [-0.39, 0.29) is 24.1 Å². The highest BCUT2D eigenvalue weighted by molar-refractivity contribution is 6.06. The van der Waals surface area contributed by atoms with Crippen LogP contribution in [0, 0.1) is 0 Å². The van der Waals surface area contributed by atoms with Crippen molar-refractivity contribution in [1.29, 1.82) is 0 Å². The third-order valence-corrected chi connectivity index (χ3v) is 5.30. The molecule has 2 aliphatic rings. The smallest absolute Gasteiger partial charge is 0.255 e. The number of rotatable bonds is 5. The van der Waals surface area contributed by atoms with E-state index in [0.717, 1.165) is 22.5 Å². The number of amides is 3. The van der Waals surface area contributed by atoms with Gasteiger partial charge >= 0.3 is 0 Å². The largest absolute Gasteiger partial charge is 0.388 e. The highest BCUT2D eigenvalue weighted by Gasteiger charge is 2.39. The van der Waals surface area contributed by atoms with Gasteiger partial charge in [-0.05, 0) is 41.8 Å². The molecule has 1 atom stereocenters. The van der Waals surface area contributed by atoms with Gasteiger partial charge in [0.15, 0.2) is 0 Å². The maximum absolute atomic E-state index is 13.1. The monoisotopic (exact) mass is 378 g/mol. The van der Waals surface area contributed by atoms with Crippen LogP contribution < -0.4 is 16.0 Å². The summed E-state index contributed by atoms with van der Waals surface area (Å²) >= 11 is 0. The number of nitrogens with zero attached hydrogens (tertiary/aromatic N) is 1. The van der Waals surface area contributed by atoms with Gasteiger partial charge in [-0.25, -0.2) is 0 Å². The summed E-state index contributed by atoms with van der Waals surface area (Å²) in [5.41, 5.74) is 4.46. The minimum atomic E-state index is -0.590. The lowest BCUT2D eigenvalue weighted by Gasteiger charge is -2.29. The Hall–Kier alpha value is -3.35. The van der Waals surface area contributed by atoms with E-state index >= 15 is 0 Å². The van der Waals surface area contributed by atoms with E-state index in [0.29, 0.717) is 25.1 Å². The fourth-order valence-electron chi connectivity index (χ4n) is 3.79. The molecule has 1 unspecified atom stereocenters. The molecule has 7 heteroatoms. The zero-order valence-corrected chi connectivity index (χ0v) is 15.6. The zero-order chi connectivity index (χ0) is 19.7. The number of anilines is 2. The van der Waals surface area contributed by atoms with Crippen LogP contribution >= 0.6 is 0 Å². The molecule has 0 aliphatic carbocycles. The molecule has 2 aromatic carbocycles. The van der Waals surface area contributed by atoms with E-state index in [1.54, 1.807) is 4.90 Å². The molecule has 1 saturated heterocycles. The summed E-state index contributed by atoms with van der Waals surface area (Å²) in [6, 6.07) is 13.1. The molecule has 0 bridgehead atoms. The lowest BCUT2D eigenvalue weighted by Crippen LogP contribution is -2.52. The average Bonchev–Trinajstić information content (AvgIpc) is 3.04. The first-order valence-electron chi connectivity index (χ1n) is 9.34. The van der Waals surface area contributed by atoms with Crippen molar-refractivity contribution >= 4 is 29.1 Å². The van der Waals surface area contributed by atoms with E-state index in [1.165, 1.54) is 0 Å². The first kappa shape index (κ1) is 18.0. The molecule has 4 rings (SSSR count).